The number of nitrogens with one attached hydrogen (secondary N) is 1. The molecule has 0 bridgehead atoms. The normalized spacial score (nSPS) is 10.9. The van der Waals surface area contributed by atoms with Gasteiger partial charge in [0.2, 0.25) is 0 Å². The Morgan fingerprint density at radius 3 is 2.55 bits per heavy atom. The van der Waals surface area contributed by atoms with Crippen molar-refractivity contribution in [1.82, 2.24) is 9.88 Å². The average molecular weight is 423 g/mol. The van der Waals surface area contributed by atoms with Gasteiger partial charge in [0.15, 0.2) is 0 Å². The van der Waals surface area contributed by atoms with Gasteiger partial charge in [-0.15, -0.1) is 0 Å². The number of aliphatic carboxylic acids is 1. The number of pyridine rings is 1. The fourth-order valence-corrected chi connectivity index (χ4v) is 3.08. The van der Waals surface area contributed by atoms with Crippen molar-refractivity contribution >= 4 is 34.4 Å². The molecule has 0 aliphatic carbocycles. The van der Waals surface area contributed by atoms with Crippen molar-refractivity contribution in [2.45, 2.75) is 6.54 Å². The summed E-state index contributed by atoms with van der Waals surface area (Å²) < 4.78 is 28.9. The van der Waals surface area contributed by atoms with E-state index in [4.69, 9.17) is 16.7 Å². The smallest absolute Gasteiger partial charge is 0.322 e. The second kappa shape index (κ2) is 7.88. The number of hydrogen-bond acceptors (Lipinski definition) is 4. The molecular weight excluding hydrogens is 410 g/mol. The van der Waals surface area contributed by atoms with E-state index in [1.165, 1.54) is 18.2 Å². The van der Waals surface area contributed by atoms with E-state index in [-0.39, 0.29) is 21.5 Å². The maximum atomic E-state index is 14.2. The molecule has 7 nitrogen and oxygen atoms in total. The minimum absolute atomic E-state index is 0.0251. The molecule has 29 heavy (non-hydrogen) atoms. The minimum Gasteiger partial charge on any atom is -0.506 e. The molecule has 0 saturated heterocycles. The van der Waals surface area contributed by atoms with Crippen molar-refractivity contribution in [3.05, 3.63) is 74.5 Å². The maximum absolute atomic E-state index is 14.2. The van der Waals surface area contributed by atoms with E-state index in [0.29, 0.717) is 0 Å². The van der Waals surface area contributed by atoms with Gasteiger partial charge in [-0.05, 0) is 30.3 Å². The van der Waals surface area contributed by atoms with Gasteiger partial charge in [0.25, 0.3) is 11.5 Å². The monoisotopic (exact) mass is 422 g/mol. The van der Waals surface area contributed by atoms with Gasteiger partial charge in [0, 0.05) is 16.0 Å². The lowest BCUT2D eigenvalue weighted by Gasteiger charge is -2.16. The molecule has 1 heterocycles. The molecular formula is C19H13ClF2N2O5. The number of fused-ring (bicyclic) bond motifs is 1. The zero-order valence-electron chi connectivity index (χ0n) is 14.6. The summed E-state index contributed by atoms with van der Waals surface area (Å²) in [5, 5.41) is 20.9. The Morgan fingerprint density at radius 2 is 1.90 bits per heavy atom. The largest absolute Gasteiger partial charge is 0.506 e. The fraction of sp³-hybridized carbons (Fsp3) is 0.105. The van der Waals surface area contributed by atoms with E-state index in [9.17, 15) is 28.3 Å². The second-order valence-corrected chi connectivity index (χ2v) is 6.46. The van der Waals surface area contributed by atoms with Gasteiger partial charge in [-0.25, -0.2) is 8.78 Å². The van der Waals surface area contributed by atoms with Crippen LogP contribution in [0, 0.1) is 11.6 Å². The minimum atomic E-state index is -1.37. The summed E-state index contributed by atoms with van der Waals surface area (Å²) in [6.45, 7) is -1.22. The van der Waals surface area contributed by atoms with Crippen molar-refractivity contribution in [3.8, 4) is 5.75 Å². The number of halogens is 3. The molecule has 3 aromatic rings. The number of carbonyl (C=O) groups excluding carboxylic acids is 1. The molecule has 0 radical (unpaired) electrons. The van der Waals surface area contributed by atoms with Crippen LogP contribution in [-0.2, 0) is 11.3 Å². The standard InChI is InChI=1S/C19H13ClF2N2O5/c20-12-2-1-3-13(22)11(12)8-24-14-5-4-9(21)6-10(14)17(27)16(19(24)29)18(28)23-7-15(25)26/h1-6,27H,7-8H2,(H,23,28)(H,25,26). The molecule has 0 spiro atoms. The summed E-state index contributed by atoms with van der Waals surface area (Å²) in [7, 11) is 0. The van der Waals surface area contributed by atoms with Gasteiger partial charge in [0.05, 0.1) is 12.1 Å². The number of aromatic nitrogens is 1. The average Bonchev–Trinajstić information content (AvgIpc) is 2.66. The number of carbonyl (C=O) groups is 2. The van der Waals surface area contributed by atoms with Gasteiger partial charge >= 0.3 is 5.97 Å². The molecule has 0 aliphatic rings. The predicted octanol–water partition coefficient (Wildman–Crippen LogP) is 2.50. The molecule has 150 valence electrons. The Morgan fingerprint density at radius 1 is 1.17 bits per heavy atom. The van der Waals surface area contributed by atoms with E-state index in [0.717, 1.165) is 22.8 Å². The van der Waals surface area contributed by atoms with Crippen molar-refractivity contribution in [1.29, 1.82) is 0 Å². The van der Waals surface area contributed by atoms with Crippen LogP contribution < -0.4 is 10.9 Å². The Hall–Kier alpha value is -3.46. The lowest BCUT2D eigenvalue weighted by Crippen LogP contribution is -2.36. The lowest BCUT2D eigenvalue weighted by atomic mass is 10.1. The van der Waals surface area contributed by atoms with Gasteiger partial charge < -0.3 is 20.1 Å². The molecule has 1 aromatic heterocycles. The predicted molar refractivity (Wildman–Crippen MR) is 100 cm³/mol. The summed E-state index contributed by atoms with van der Waals surface area (Å²) in [6, 6.07) is 7.05. The van der Waals surface area contributed by atoms with Crippen LogP contribution in [0.25, 0.3) is 10.9 Å². The van der Waals surface area contributed by atoms with Crippen LogP contribution in [0.1, 0.15) is 15.9 Å². The molecule has 0 saturated carbocycles. The third-order valence-corrected chi connectivity index (χ3v) is 4.56. The van der Waals surface area contributed by atoms with Crippen LogP contribution in [0.2, 0.25) is 5.02 Å². The number of aromatic hydroxyl groups is 1. The first-order valence-electron chi connectivity index (χ1n) is 8.18. The van der Waals surface area contributed by atoms with Gasteiger partial charge in [-0.1, -0.05) is 17.7 Å². The van der Waals surface area contributed by atoms with E-state index < -0.39 is 53.5 Å². The van der Waals surface area contributed by atoms with Gasteiger partial charge in [0.1, 0.15) is 29.5 Å². The SMILES string of the molecule is O=C(O)CNC(=O)c1c(O)c2cc(F)ccc2n(Cc2c(F)cccc2Cl)c1=O. The Kier molecular flexibility index (Phi) is 5.51. The highest BCUT2D eigenvalue weighted by Gasteiger charge is 2.24. The third kappa shape index (κ3) is 3.90. The van der Waals surface area contributed by atoms with E-state index in [2.05, 4.69) is 0 Å². The van der Waals surface area contributed by atoms with E-state index in [1.807, 2.05) is 5.32 Å². The van der Waals surface area contributed by atoms with Crippen molar-refractivity contribution in [2.24, 2.45) is 0 Å². The number of rotatable bonds is 5. The highest BCUT2D eigenvalue weighted by Crippen LogP contribution is 2.29. The quantitative estimate of drug-likeness (QED) is 0.585. The zero-order chi connectivity index (χ0) is 21.3. The van der Waals surface area contributed by atoms with E-state index in [1.54, 1.807) is 0 Å². The third-order valence-electron chi connectivity index (χ3n) is 4.21. The van der Waals surface area contributed by atoms with Crippen molar-refractivity contribution in [2.75, 3.05) is 6.54 Å². The molecule has 10 heteroatoms. The number of nitrogens with zero attached hydrogens (tertiary/aromatic N) is 1. The summed E-state index contributed by atoms with van der Waals surface area (Å²) in [6.07, 6.45) is 0. The fourth-order valence-electron chi connectivity index (χ4n) is 2.86. The van der Waals surface area contributed by atoms with Crippen LogP contribution in [0.4, 0.5) is 8.78 Å². The van der Waals surface area contributed by atoms with Crippen LogP contribution in [0.5, 0.6) is 5.75 Å². The topological polar surface area (TPSA) is 109 Å². The first-order valence-corrected chi connectivity index (χ1v) is 8.56. The molecule has 1 amide bonds. The summed E-state index contributed by atoms with van der Waals surface area (Å²) >= 11 is 6.02. The second-order valence-electron chi connectivity index (χ2n) is 6.05. The van der Waals surface area contributed by atoms with Crippen LogP contribution in [-0.4, -0.2) is 33.2 Å². The van der Waals surface area contributed by atoms with Gasteiger partial charge in [-0.3, -0.25) is 14.4 Å². The lowest BCUT2D eigenvalue weighted by molar-refractivity contribution is -0.135. The Labute approximate surface area is 166 Å². The number of hydrogen-bond donors (Lipinski definition) is 3. The van der Waals surface area contributed by atoms with Crippen LogP contribution in [0.3, 0.4) is 0 Å². The first kappa shape index (κ1) is 20.3. The zero-order valence-corrected chi connectivity index (χ0v) is 15.3. The first-order chi connectivity index (χ1) is 13.7. The summed E-state index contributed by atoms with van der Waals surface area (Å²) in [4.78, 5) is 35.9. The van der Waals surface area contributed by atoms with Gasteiger partial charge in [-0.2, -0.15) is 0 Å². The molecule has 0 unspecified atom stereocenters. The molecule has 0 aliphatic heterocycles. The highest BCUT2D eigenvalue weighted by atomic mass is 35.5. The molecule has 2 aromatic carbocycles. The van der Waals surface area contributed by atoms with Crippen molar-refractivity contribution < 1.29 is 28.6 Å². The summed E-state index contributed by atoms with van der Waals surface area (Å²) in [5.74, 6) is -4.82. The maximum Gasteiger partial charge on any atom is 0.322 e. The van der Waals surface area contributed by atoms with Crippen molar-refractivity contribution in [3.63, 3.8) is 0 Å². The molecule has 3 N–H and O–H groups in total. The Bertz CT molecular complexity index is 1190. The summed E-state index contributed by atoms with van der Waals surface area (Å²) in [5.41, 5.74) is -1.84. The molecule has 0 atom stereocenters. The number of benzene rings is 2. The van der Waals surface area contributed by atoms with Crippen LogP contribution >= 0.6 is 11.6 Å². The van der Waals surface area contributed by atoms with Crippen LogP contribution in [0.15, 0.2) is 41.2 Å². The van der Waals surface area contributed by atoms with E-state index >= 15 is 0 Å². The molecule has 3 rings (SSSR count). The number of amides is 1. The highest BCUT2D eigenvalue weighted by molar-refractivity contribution is 6.31. The Balaban J connectivity index is 2.27. The number of carboxylic acids is 1. The number of carboxylic acid groups (broad SMARTS) is 1. The molecule has 0 fully saturated rings.